The average molecular weight is 252 g/mol. The molecule has 0 spiro atoms. The highest BCUT2D eigenvalue weighted by molar-refractivity contribution is 7.47. The lowest BCUT2D eigenvalue weighted by Gasteiger charge is -2.19. The summed E-state index contributed by atoms with van der Waals surface area (Å²) in [4.78, 5) is 9.00. The molecule has 1 aliphatic heterocycles. The summed E-state index contributed by atoms with van der Waals surface area (Å²) in [5.41, 5.74) is 0. The van der Waals surface area contributed by atoms with Crippen LogP contribution in [0.5, 0.6) is 0 Å². The number of ether oxygens (including phenoxy) is 2. The van der Waals surface area contributed by atoms with Crippen molar-refractivity contribution in [2.75, 3.05) is 20.8 Å². The van der Waals surface area contributed by atoms with Crippen molar-refractivity contribution in [3.63, 3.8) is 0 Å². The van der Waals surface area contributed by atoms with Gasteiger partial charge >= 0.3 is 7.82 Å². The standard InChI is InChI=1S/C7H14BO7P/c1-12-6-4(15-7(8)5(6)9)3-14-16(10,11)13-2/h4-7,9H,3H2,1-2H3,(H,10,11)/t4-,5+,6?,7-/m1/s1. The largest absolute Gasteiger partial charge is 0.472 e. The molecule has 2 N–H and O–H groups in total. The fourth-order valence-corrected chi connectivity index (χ4v) is 1.85. The van der Waals surface area contributed by atoms with Gasteiger partial charge in [-0.1, -0.05) is 0 Å². The second-order valence-corrected chi connectivity index (χ2v) is 4.84. The number of phosphoric acid groups is 1. The molecule has 16 heavy (non-hydrogen) atoms. The Morgan fingerprint density at radius 1 is 1.50 bits per heavy atom. The first-order valence-electron chi connectivity index (χ1n) is 4.56. The van der Waals surface area contributed by atoms with Gasteiger partial charge in [0.25, 0.3) is 0 Å². The summed E-state index contributed by atoms with van der Waals surface area (Å²) in [5, 5.41) is 9.52. The predicted octanol–water partition coefficient (Wildman–Crippen LogP) is -0.981. The molecule has 9 heteroatoms. The fourth-order valence-electron chi connectivity index (χ4n) is 1.41. The Hall–Kier alpha value is 0.0549. The lowest BCUT2D eigenvalue weighted by atomic mass is 9.93. The molecule has 2 unspecified atom stereocenters. The maximum atomic E-state index is 11.0. The summed E-state index contributed by atoms with van der Waals surface area (Å²) in [5.74, 6) is 0. The summed E-state index contributed by atoms with van der Waals surface area (Å²) in [6.45, 7) is -0.259. The Bertz CT molecular complexity index is 275. The van der Waals surface area contributed by atoms with Crippen LogP contribution in [-0.2, 0) is 23.1 Å². The van der Waals surface area contributed by atoms with Crippen molar-refractivity contribution in [2.24, 2.45) is 0 Å². The van der Waals surface area contributed by atoms with Gasteiger partial charge in [-0.2, -0.15) is 0 Å². The number of hydrogen-bond donors (Lipinski definition) is 2. The Morgan fingerprint density at radius 2 is 2.12 bits per heavy atom. The SMILES string of the molecule is [B][C@@H]1O[C@H](COP(=O)(O)OC)C(OC)[C@@H]1O. The monoisotopic (exact) mass is 252 g/mol. The van der Waals surface area contributed by atoms with E-state index in [1.807, 2.05) is 0 Å². The predicted molar refractivity (Wildman–Crippen MR) is 54.0 cm³/mol. The van der Waals surface area contributed by atoms with Crippen LogP contribution in [0.2, 0.25) is 0 Å². The molecule has 1 saturated heterocycles. The Balaban J connectivity index is 2.52. The zero-order valence-electron chi connectivity index (χ0n) is 8.98. The summed E-state index contributed by atoms with van der Waals surface area (Å²) < 4.78 is 29.9. The van der Waals surface area contributed by atoms with E-state index >= 15 is 0 Å². The van der Waals surface area contributed by atoms with Gasteiger partial charge in [0.15, 0.2) is 0 Å². The molecule has 1 heterocycles. The van der Waals surface area contributed by atoms with Crippen LogP contribution in [0.15, 0.2) is 0 Å². The summed E-state index contributed by atoms with van der Waals surface area (Å²) in [6, 6.07) is -0.904. The summed E-state index contributed by atoms with van der Waals surface area (Å²) >= 11 is 0. The number of phosphoric ester groups is 1. The smallest absolute Gasteiger partial charge is 0.388 e. The molecule has 92 valence electrons. The third kappa shape index (κ3) is 3.27. The second-order valence-electron chi connectivity index (χ2n) is 3.28. The summed E-state index contributed by atoms with van der Waals surface area (Å²) in [6.07, 6.45) is -2.42. The van der Waals surface area contributed by atoms with Gasteiger partial charge in [-0.3, -0.25) is 9.05 Å². The van der Waals surface area contributed by atoms with Crippen molar-refractivity contribution in [1.82, 2.24) is 0 Å². The van der Waals surface area contributed by atoms with Gasteiger partial charge < -0.3 is 19.5 Å². The zero-order chi connectivity index (χ0) is 12.3. The van der Waals surface area contributed by atoms with Gasteiger partial charge in [0, 0.05) is 20.2 Å². The van der Waals surface area contributed by atoms with E-state index in [2.05, 4.69) is 9.05 Å². The van der Waals surface area contributed by atoms with Gasteiger partial charge in [-0.05, 0) is 0 Å². The van der Waals surface area contributed by atoms with Crippen molar-refractivity contribution in [2.45, 2.75) is 24.3 Å². The zero-order valence-corrected chi connectivity index (χ0v) is 9.87. The van der Waals surface area contributed by atoms with E-state index in [0.29, 0.717) is 0 Å². The molecule has 0 amide bonds. The van der Waals surface area contributed by atoms with Crippen molar-refractivity contribution in [3.8, 4) is 0 Å². The molecule has 1 aliphatic rings. The van der Waals surface area contributed by atoms with Crippen LogP contribution < -0.4 is 0 Å². The minimum absolute atomic E-state index is 0.259. The molecule has 0 aromatic heterocycles. The van der Waals surface area contributed by atoms with Gasteiger partial charge in [-0.25, -0.2) is 4.57 Å². The van der Waals surface area contributed by atoms with Crippen LogP contribution in [0.3, 0.4) is 0 Å². The van der Waals surface area contributed by atoms with E-state index in [1.54, 1.807) is 0 Å². The lowest BCUT2D eigenvalue weighted by Crippen LogP contribution is -2.36. The van der Waals surface area contributed by atoms with Crippen molar-refractivity contribution < 1.29 is 33.1 Å². The minimum atomic E-state index is -4.06. The molecular weight excluding hydrogens is 238 g/mol. The van der Waals surface area contributed by atoms with Crippen LogP contribution >= 0.6 is 7.82 Å². The molecule has 2 radical (unpaired) electrons. The minimum Gasteiger partial charge on any atom is -0.388 e. The molecular formula is C7H14BO7P. The second kappa shape index (κ2) is 5.60. The van der Waals surface area contributed by atoms with Gasteiger partial charge in [0.2, 0.25) is 0 Å². The van der Waals surface area contributed by atoms with Crippen LogP contribution in [0.25, 0.3) is 0 Å². The topological polar surface area (TPSA) is 94.5 Å². The van der Waals surface area contributed by atoms with E-state index in [9.17, 15) is 9.67 Å². The Kier molecular flexibility index (Phi) is 4.94. The molecule has 0 saturated carbocycles. The van der Waals surface area contributed by atoms with E-state index in [-0.39, 0.29) is 6.61 Å². The van der Waals surface area contributed by atoms with Crippen LogP contribution in [0.4, 0.5) is 0 Å². The fraction of sp³-hybridized carbons (Fsp3) is 1.00. The normalized spacial score (nSPS) is 38.5. The molecule has 1 rings (SSSR count). The van der Waals surface area contributed by atoms with E-state index in [4.69, 9.17) is 22.2 Å². The first-order valence-corrected chi connectivity index (χ1v) is 6.06. The maximum Gasteiger partial charge on any atom is 0.472 e. The van der Waals surface area contributed by atoms with E-state index in [0.717, 1.165) is 7.11 Å². The Labute approximate surface area is 94.7 Å². The number of hydrogen-bond acceptors (Lipinski definition) is 6. The van der Waals surface area contributed by atoms with E-state index < -0.39 is 32.1 Å². The molecule has 0 aromatic carbocycles. The van der Waals surface area contributed by atoms with Gasteiger partial charge in [-0.15, -0.1) is 0 Å². The van der Waals surface area contributed by atoms with Gasteiger partial charge in [0.05, 0.1) is 6.61 Å². The molecule has 5 atom stereocenters. The van der Waals surface area contributed by atoms with Crippen molar-refractivity contribution >= 4 is 15.7 Å². The van der Waals surface area contributed by atoms with Crippen molar-refractivity contribution in [1.29, 1.82) is 0 Å². The van der Waals surface area contributed by atoms with Crippen LogP contribution in [0.1, 0.15) is 0 Å². The third-order valence-electron chi connectivity index (χ3n) is 2.28. The lowest BCUT2D eigenvalue weighted by molar-refractivity contribution is -0.0319. The van der Waals surface area contributed by atoms with E-state index in [1.165, 1.54) is 7.11 Å². The molecule has 0 bridgehead atoms. The van der Waals surface area contributed by atoms with Gasteiger partial charge in [0.1, 0.15) is 26.2 Å². The molecule has 1 fully saturated rings. The number of methoxy groups -OCH3 is 1. The highest BCUT2D eigenvalue weighted by Crippen LogP contribution is 2.42. The first-order chi connectivity index (χ1) is 7.41. The molecule has 7 nitrogen and oxygen atoms in total. The first kappa shape index (κ1) is 14.1. The number of aliphatic hydroxyl groups excluding tert-OH is 1. The third-order valence-corrected chi connectivity index (χ3v) is 3.21. The highest BCUT2D eigenvalue weighted by Gasteiger charge is 2.42. The number of aliphatic hydroxyl groups is 1. The maximum absolute atomic E-state index is 11.0. The summed E-state index contributed by atoms with van der Waals surface area (Å²) in [7, 11) is 3.79. The molecule has 0 aromatic rings. The quantitative estimate of drug-likeness (QED) is 0.479. The van der Waals surface area contributed by atoms with Crippen molar-refractivity contribution in [3.05, 3.63) is 0 Å². The number of rotatable bonds is 5. The Morgan fingerprint density at radius 3 is 2.62 bits per heavy atom. The van der Waals surface area contributed by atoms with Crippen LogP contribution in [-0.4, -0.2) is 63.0 Å². The highest BCUT2D eigenvalue weighted by atomic mass is 31.2. The average Bonchev–Trinajstić information content (AvgIpc) is 2.52. The molecule has 0 aliphatic carbocycles. The van der Waals surface area contributed by atoms with Crippen LogP contribution in [0, 0.1) is 0 Å².